The van der Waals surface area contributed by atoms with Crippen LogP contribution in [0.5, 0.6) is 0 Å². The molecule has 0 bridgehead atoms. The number of imide groups is 3. The second-order valence-corrected chi connectivity index (χ2v) is 21.2. The number of carbonyl (C=O) groups excluding carboxylic acids is 8. The van der Waals surface area contributed by atoms with Crippen LogP contribution in [0.4, 0.5) is 21.0 Å². The van der Waals surface area contributed by atoms with Crippen molar-refractivity contribution in [1.29, 1.82) is 0 Å². The smallest absolute Gasteiger partial charge is 0.398 e. The third kappa shape index (κ3) is 14.5. The average Bonchev–Trinajstić information content (AvgIpc) is 3.91. The summed E-state index contributed by atoms with van der Waals surface area (Å²) in [5.41, 5.74) is 5.18. The number of anilines is 2. The number of carbonyl (C=O) groups is 8. The van der Waals surface area contributed by atoms with E-state index in [-0.39, 0.29) is 85.4 Å². The lowest BCUT2D eigenvalue weighted by atomic mass is 10.1. The zero-order chi connectivity index (χ0) is 55.2. The lowest BCUT2D eigenvalue weighted by Gasteiger charge is -2.16. The molecule has 4 aromatic rings. The van der Waals surface area contributed by atoms with Crippen molar-refractivity contribution in [1.82, 2.24) is 15.2 Å². The van der Waals surface area contributed by atoms with Crippen molar-refractivity contribution >= 4 is 145 Å². The van der Waals surface area contributed by atoms with E-state index in [0.717, 1.165) is 24.3 Å². The van der Waals surface area contributed by atoms with Gasteiger partial charge in [-0.15, -0.1) is 13.7 Å². The normalized spacial score (nSPS) is 15.3. The summed E-state index contributed by atoms with van der Waals surface area (Å²) in [6, 6.07) is 7.44. The van der Waals surface area contributed by atoms with Crippen molar-refractivity contribution in [2.24, 2.45) is 0 Å². The number of benzene rings is 4. The van der Waals surface area contributed by atoms with E-state index in [0.29, 0.717) is 36.2 Å². The molecule has 0 unspecified atom stereocenters. The van der Waals surface area contributed by atoms with Gasteiger partial charge in [0.05, 0.1) is 39.6 Å². The largest absolute Gasteiger partial charge is 0.560 e. The summed E-state index contributed by atoms with van der Waals surface area (Å²) in [6.07, 6.45) is -3.53. The van der Waals surface area contributed by atoms with Crippen LogP contribution in [0.3, 0.4) is 0 Å². The quantitative estimate of drug-likeness (QED) is 0.0223. The van der Waals surface area contributed by atoms with Gasteiger partial charge in [0.2, 0.25) is 0 Å². The van der Waals surface area contributed by atoms with Crippen LogP contribution in [0.1, 0.15) is 38.5 Å². The van der Waals surface area contributed by atoms with Gasteiger partial charge in [-0.2, -0.15) is 38.5 Å². The molecule has 3 aliphatic heterocycles. The maximum Gasteiger partial charge on any atom is 0.560 e. The minimum absolute atomic E-state index is 0.0169. The van der Waals surface area contributed by atoms with Gasteiger partial charge in [-0.1, -0.05) is 20.2 Å². The van der Waals surface area contributed by atoms with Crippen LogP contribution in [-0.2, 0) is 102 Å². The Morgan fingerprint density at radius 1 is 0.500 bits per heavy atom. The van der Waals surface area contributed by atoms with Crippen LogP contribution < -0.4 is 11.1 Å². The molecule has 3 heterocycles. The fourth-order valence-corrected chi connectivity index (χ4v) is 9.91. The highest BCUT2D eigenvalue weighted by Crippen LogP contribution is 2.38. The average molecular weight is 1160 g/mol. The summed E-state index contributed by atoms with van der Waals surface area (Å²) in [5.74, 6) is -4.33. The molecule has 7 rings (SSSR count). The number of nitrogens with zero attached hydrogens (tertiary/aromatic N) is 3. The highest BCUT2D eigenvalue weighted by atomic mass is 32.2. The Hall–Kier alpha value is -6.74. The highest BCUT2D eigenvalue weighted by molar-refractivity contribution is 7.94. The molecule has 400 valence electrons. The Balaban J connectivity index is 0.000000216. The molecule has 0 atom stereocenters. The number of amides is 7. The number of hydrogen-bond donors (Lipinski definition) is 8. The monoisotopic (exact) mass is 1160 g/mol. The van der Waals surface area contributed by atoms with Gasteiger partial charge in [0, 0.05) is 64.8 Å². The molecule has 3 fully saturated rings. The van der Waals surface area contributed by atoms with Crippen molar-refractivity contribution in [2.45, 2.75) is 67.9 Å². The Kier molecular flexibility index (Phi) is 18.2. The van der Waals surface area contributed by atoms with E-state index in [1.54, 1.807) is 0 Å². The molecule has 0 saturated carbocycles. The van der Waals surface area contributed by atoms with E-state index in [4.69, 9.17) is 20.8 Å². The molecule has 0 aliphatic carbocycles. The van der Waals surface area contributed by atoms with E-state index in [9.17, 15) is 85.7 Å². The third-order valence-electron chi connectivity index (χ3n) is 9.18. The number of rotatable bonds is 14. The molecule has 4 aromatic carbocycles. The van der Waals surface area contributed by atoms with E-state index in [2.05, 4.69) is 38.6 Å². The van der Waals surface area contributed by atoms with Gasteiger partial charge in [0.15, 0.2) is 0 Å². The molecule has 0 spiro atoms. The molecule has 3 saturated heterocycles. The molecule has 0 aromatic heterocycles. The summed E-state index contributed by atoms with van der Waals surface area (Å²) in [4.78, 5) is 101. The van der Waals surface area contributed by atoms with Gasteiger partial charge >= 0.3 is 12.2 Å². The maximum absolute atomic E-state index is 12.3. The Morgan fingerprint density at radius 2 is 0.851 bits per heavy atom. The van der Waals surface area contributed by atoms with Gasteiger partial charge in [-0.05, 0) is 59.3 Å². The first-order chi connectivity index (χ1) is 34.3. The SMILES string of the molecule is Nc1cc(SOOO)cc2cc(S(=O)(=O)O)cc(S(=O)(=O)O)c12.O=C(Nc1cc(SOOO)cc2cc(S(=O)(=O)O)cc(S(=O)(=O)O)c12)ON1C(=O)CCC1=O.O=C(ON1C(=O)CCC1=O)ON1C(=O)CCC1=O. The first-order valence-corrected chi connectivity index (χ1v) is 26.2. The van der Waals surface area contributed by atoms with Crippen LogP contribution >= 0.6 is 24.1 Å². The standard InChI is InChI=1S/C15H12N2O13S3.C10H9NO9S3.C9H8N2O7/c18-12-1-2-13(19)17(12)28-15(20)16-10-5-8(31-30-29-21)3-7-4-9(32(22,23)24)6-11(14(7)10)33(25,26)27;11-8-3-6(21-20-19-12)1-5-2-7(22(13,14)15)4-9(10(5)8)23(16,17)18;12-5-1-2-6(13)10(5)17-9(16)18-11-7(14)3-4-8(11)15/h3-6,21H,1-2H2,(H,16,20)(H,22,23,24)(H,25,26,27);1-4,12H,11H2,(H,13,14,15)(H,16,17,18);1-4H2. The fourth-order valence-electron chi connectivity index (χ4n) is 6.24. The molecule has 34 nitrogen and oxygen atoms in total. The second-order valence-electron chi connectivity index (χ2n) is 14.1. The molecular weight excluding hydrogens is 1130 g/mol. The number of hydrogen-bond acceptors (Lipinski definition) is 28. The Bertz CT molecular complexity index is 3390. The number of nitrogens with one attached hydrogen (secondary N) is 1. The van der Waals surface area contributed by atoms with E-state index in [1.807, 2.05) is 0 Å². The highest BCUT2D eigenvalue weighted by Gasteiger charge is 2.38. The van der Waals surface area contributed by atoms with Crippen LogP contribution in [0.15, 0.2) is 77.9 Å². The van der Waals surface area contributed by atoms with Crippen molar-refractivity contribution in [3.05, 3.63) is 48.5 Å². The minimum Gasteiger partial charge on any atom is -0.398 e. The molecule has 3 aliphatic rings. The molecule has 40 heteroatoms. The first-order valence-electron chi connectivity index (χ1n) is 19.0. The first kappa shape index (κ1) is 58.2. The zero-order valence-corrected chi connectivity index (χ0v) is 40.7. The summed E-state index contributed by atoms with van der Waals surface area (Å²) >= 11 is 0.830. The summed E-state index contributed by atoms with van der Waals surface area (Å²) in [5, 5.41) is 25.2. The second kappa shape index (κ2) is 23.2. The Labute approximate surface area is 420 Å². The number of nitrogens with two attached hydrogens (primary N) is 1. The van der Waals surface area contributed by atoms with Crippen molar-refractivity contribution in [3.8, 4) is 0 Å². The lowest BCUT2D eigenvalue weighted by Crippen LogP contribution is -2.37. The van der Waals surface area contributed by atoms with Gasteiger partial charge < -0.3 is 10.6 Å². The van der Waals surface area contributed by atoms with Crippen LogP contribution in [-0.4, -0.2) is 125 Å². The Morgan fingerprint density at radius 3 is 1.22 bits per heavy atom. The van der Waals surface area contributed by atoms with Gasteiger partial charge in [-0.25, -0.2) is 15.3 Å². The topological polar surface area (TPSA) is 507 Å². The molecule has 7 amide bonds. The fraction of sp³-hybridized carbons (Fsp3) is 0.176. The predicted molar refractivity (Wildman–Crippen MR) is 234 cm³/mol. The minimum atomic E-state index is -5.13. The molecule has 0 radical (unpaired) electrons. The van der Waals surface area contributed by atoms with E-state index >= 15 is 0 Å². The number of hydroxylamine groups is 6. The van der Waals surface area contributed by atoms with Gasteiger partial charge in [-0.3, -0.25) is 62.0 Å². The maximum atomic E-state index is 12.3. The van der Waals surface area contributed by atoms with Crippen LogP contribution in [0.2, 0.25) is 0 Å². The van der Waals surface area contributed by atoms with Gasteiger partial charge in [0.25, 0.3) is 75.9 Å². The summed E-state index contributed by atoms with van der Waals surface area (Å²) in [7, 11) is -19.6. The van der Waals surface area contributed by atoms with Crippen molar-refractivity contribution < 1.29 is 134 Å². The third-order valence-corrected chi connectivity index (χ3v) is 13.7. The van der Waals surface area contributed by atoms with Crippen LogP contribution in [0, 0.1) is 0 Å². The number of fused-ring (bicyclic) bond motifs is 2. The molecule has 9 N–H and O–H groups in total. The lowest BCUT2D eigenvalue weighted by molar-refractivity contribution is -0.432. The van der Waals surface area contributed by atoms with Crippen molar-refractivity contribution in [3.63, 3.8) is 0 Å². The van der Waals surface area contributed by atoms with E-state index < -0.39 is 119 Å². The predicted octanol–water partition coefficient (Wildman–Crippen LogP) is 1.99. The molecule has 74 heavy (non-hydrogen) atoms. The van der Waals surface area contributed by atoms with Crippen LogP contribution in [0.25, 0.3) is 21.5 Å². The number of nitrogen functional groups attached to an aromatic ring is 1. The van der Waals surface area contributed by atoms with Crippen molar-refractivity contribution in [2.75, 3.05) is 11.1 Å². The zero-order valence-electron chi connectivity index (χ0n) is 35.8. The van der Waals surface area contributed by atoms with E-state index in [1.165, 1.54) is 12.1 Å². The molecular formula is C34H29N5O29S6. The van der Waals surface area contributed by atoms with Gasteiger partial charge in [0.1, 0.15) is 9.79 Å². The summed E-state index contributed by atoms with van der Waals surface area (Å²) < 4.78 is 138. The summed E-state index contributed by atoms with van der Waals surface area (Å²) in [6.45, 7) is 0.